The van der Waals surface area contributed by atoms with E-state index in [1.54, 1.807) is 6.07 Å². The summed E-state index contributed by atoms with van der Waals surface area (Å²) in [6.45, 7) is 1.59. The quantitative estimate of drug-likeness (QED) is 0.830. The zero-order chi connectivity index (χ0) is 13.2. The van der Waals surface area contributed by atoms with Crippen LogP contribution in [-0.4, -0.2) is 36.1 Å². The van der Waals surface area contributed by atoms with E-state index >= 15 is 0 Å². The first kappa shape index (κ1) is 12.8. The first-order valence-electron chi connectivity index (χ1n) is 6.79. The molecule has 0 aliphatic carbocycles. The lowest BCUT2D eigenvalue weighted by atomic mass is 10.1. The van der Waals surface area contributed by atoms with Crippen molar-refractivity contribution >= 4 is 23.3 Å². The fourth-order valence-electron chi connectivity index (χ4n) is 2.88. The molecule has 2 unspecified atom stereocenters. The molecule has 1 aromatic rings. The maximum Gasteiger partial charge on any atom is 0.321 e. The predicted molar refractivity (Wildman–Crippen MR) is 76.6 cm³/mol. The van der Waals surface area contributed by atoms with E-state index < -0.39 is 0 Å². The third-order valence-electron chi connectivity index (χ3n) is 3.93. The van der Waals surface area contributed by atoms with Gasteiger partial charge in [0.25, 0.3) is 0 Å². The number of urea groups is 1. The predicted octanol–water partition coefficient (Wildman–Crippen LogP) is 2.70. The molecule has 2 atom stereocenters. The van der Waals surface area contributed by atoms with Gasteiger partial charge in [-0.05, 0) is 31.4 Å². The Morgan fingerprint density at radius 3 is 2.89 bits per heavy atom. The first-order chi connectivity index (χ1) is 9.22. The van der Waals surface area contributed by atoms with Gasteiger partial charge in [0, 0.05) is 25.2 Å². The second kappa shape index (κ2) is 5.39. The number of benzene rings is 1. The van der Waals surface area contributed by atoms with Crippen molar-refractivity contribution in [1.82, 2.24) is 10.2 Å². The Bertz CT molecular complexity index is 480. The van der Waals surface area contributed by atoms with Crippen LogP contribution in [0.25, 0.3) is 0 Å². The third kappa shape index (κ3) is 2.85. The lowest BCUT2D eigenvalue weighted by molar-refractivity contribution is 0.208. The molecular formula is C14H18ClN3O. The molecule has 2 heterocycles. The summed E-state index contributed by atoms with van der Waals surface area (Å²) in [6, 6.07) is 8.31. The highest BCUT2D eigenvalue weighted by Crippen LogP contribution is 2.23. The van der Waals surface area contributed by atoms with Crippen molar-refractivity contribution in [1.29, 1.82) is 0 Å². The molecule has 1 aromatic carbocycles. The topological polar surface area (TPSA) is 44.4 Å². The summed E-state index contributed by atoms with van der Waals surface area (Å²) in [5.41, 5.74) is 0.677. The third-order valence-corrected chi connectivity index (χ3v) is 4.26. The maximum absolute atomic E-state index is 12.3. The number of halogens is 1. The highest BCUT2D eigenvalue weighted by Gasteiger charge is 2.31. The van der Waals surface area contributed by atoms with Crippen LogP contribution < -0.4 is 10.6 Å². The number of hydrogen-bond acceptors (Lipinski definition) is 2. The molecule has 2 bridgehead atoms. The summed E-state index contributed by atoms with van der Waals surface area (Å²) in [7, 11) is 0. The molecule has 19 heavy (non-hydrogen) atoms. The van der Waals surface area contributed by atoms with E-state index in [1.165, 1.54) is 12.8 Å². The summed E-state index contributed by atoms with van der Waals surface area (Å²) in [6.07, 6.45) is 3.44. The van der Waals surface area contributed by atoms with Crippen LogP contribution in [-0.2, 0) is 0 Å². The van der Waals surface area contributed by atoms with Crippen LogP contribution in [0, 0.1) is 0 Å². The van der Waals surface area contributed by atoms with Crippen LogP contribution in [0.5, 0.6) is 0 Å². The van der Waals surface area contributed by atoms with Gasteiger partial charge in [-0.15, -0.1) is 0 Å². The number of para-hydroxylation sites is 1. The Kier molecular flexibility index (Phi) is 3.62. The van der Waals surface area contributed by atoms with Gasteiger partial charge in [0.2, 0.25) is 0 Å². The van der Waals surface area contributed by atoms with E-state index in [1.807, 2.05) is 23.1 Å². The van der Waals surface area contributed by atoms with Crippen LogP contribution in [0.15, 0.2) is 24.3 Å². The summed E-state index contributed by atoms with van der Waals surface area (Å²) in [5.74, 6) is 0. The van der Waals surface area contributed by atoms with Gasteiger partial charge < -0.3 is 15.5 Å². The fourth-order valence-corrected chi connectivity index (χ4v) is 3.07. The molecule has 2 aliphatic heterocycles. The zero-order valence-electron chi connectivity index (χ0n) is 10.7. The van der Waals surface area contributed by atoms with E-state index in [0.29, 0.717) is 22.8 Å². The maximum atomic E-state index is 12.3. The van der Waals surface area contributed by atoms with Crippen molar-refractivity contribution in [3.63, 3.8) is 0 Å². The van der Waals surface area contributed by atoms with Crippen LogP contribution in [0.1, 0.15) is 19.3 Å². The van der Waals surface area contributed by atoms with Crippen molar-refractivity contribution in [3.8, 4) is 0 Å². The van der Waals surface area contributed by atoms with E-state index in [4.69, 9.17) is 11.6 Å². The lowest BCUT2D eigenvalue weighted by Gasteiger charge is -2.24. The Balaban J connectivity index is 1.66. The molecule has 0 radical (unpaired) electrons. The molecule has 3 rings (SSSR count). The normalized spacial score (nSPS) is 26.1. The van der Waals surface area contributed by atoms with Gasteiger partial charge in [0.05, 0.1) is 10.7 Å². The number of carbonyl (C=O) groups excluding carboxylic acids is 1. The van der Waals surface area contributed by atoms with E-state index in [2.05, 4.69) is 10.6 Å². The van der Waals surface area contributed by atoms with Crippen LogP contribution in [0.3, 0.4) is 0 Å². The molecule has 2 saturated heterocycles. The monoisotopic (exact) mass is 279 g/mol. The largest absolute Gasteiger partial charge is 0.323 e. The summed E-state index contributed by atoms with van der Waals surface area (Å²) >= 11 is 6.06. The van der Waals surface area contributed by atoms with Crippen LogP contribution >= 0.6 is 11.6 Å². The summed E-state index contributed by atoms with van der Waals surface area (Å²) in [4.78, 5) is 14.2. The van der Waals surface area contributed by atoms with Crippen molar-refractivity contribution < 1.29 is 4.79 Å². The molecule has 2 N–H and O–H groups in total. The van der Waals surface area contributed by atoms with Crippen LogP contribution in [0.2, 0.25) is 5.02 Å². The smallest absolute Gasteiger partial charge is 0.321 e. The van der Waals surface area contributed by atoms with Gasteiger partial charge in [-0.1, -0.05) is 23.7 Å². The van der Waals surface area contributed by atoms with Gasteiger partial charge in [0.15, 0.2) is 0 Å². The number of nitrogens with one attached hydrogen (secondary N) is 2. The standard InChI is InChI=1S/C14H18ClN3O/c15-12-3-1-2-4-13(12)17-14(19)18-8-7-10-5-6-11(9-18)16-10/h1-4,10-11,16H,5-9H2,(H,17,19). The number of likely N-dealkylation sites (tertiary alicyclic amines) is 1. The number of rotatable bonds is 1. The Morgan fingerprint density at radius 1 is 1.26 bits per heavy atom. The average Bonchev–Trinajstić information content (AvgIpc) is 2.71. The molecule has 102 valence electrons. The lowest BCUT2D eigenvalue weighted by Crippen LogP contribution is -2.41. The van der Waals surface area contributed by atoms with Crippen molar-refractivity contribution in [2.24, 2.45) is 0 Å². The molecule has 0 spiro atoms. The molecule has 2 fully saturated rings. The Hall–Kier alpha value is -1.26. The molecule has 5 heteroatoms. The number of carbonyl (C=O) groups is 1. The number of hydrogen-bond donors (Lipinski definition) is 2. The van der Waals surface area contributed by atoms with Gasteiger partial charge in [0.1, 0.15) is 0 Å². The molecule has 0 aromatic heterocycles. The minimum absolute atomic E-state index is 0.0533. The van der Waals surface area contributed by atoms with Gasteiger partial charge in [-0.25, -0.2) is 4.79 Å². The minimum atomic E-state index is -0.0533. The van der Waals surface area contributed by atoms with Crippen molar-refractivity contribution in [2.45, 2.75) is 31.3 Å². The summed E-state index contributed by atoms with van der Waals surface area (Å²) < 4.78 is 0. The van der Waals surface area contributed by atoms with Crippen molar-refractivity contribution in [2.75, 3.05) is 18.4 Å². The average molecular weight is 280 g/mol. The minimum Gasteiger partial charge on any atom is -0.323 e. The molecule has 2 amide bonds. The van der Waals surface area contributed by atoms with E-state index in [9.17, 15) is 4.79 Å². The van der Waals surface area contributed by atoms with E-state index in [0.717, 1.165) is 19.5 Å². The fraction of sp³-hybridized carbons (Fsp3) is 0.500. The Labute approximate surface area is 118 Å². The highest BCUT2D eigenvalue weighted by atomic mass is 35.5. The SMILES string of the molecule is O=C(Nc1ccccc1Cl)N1CCC2CCC(C1)N2. The molecule has 4 nitrogen and oxygen atoms in total. The molecular weight excluding hydrogens is 262 g/mol. The number of fused-ring (bicyclic) bond motifs is 2. The number of amides is 2. The second-order valence-corrected chi connectivity index (χ2v) is 5.69. The Morgan fingerprint density at radius 2 is 2.05 bits per heavy atom. The molecule has 0 saturated carbocycles. The zero-order valence-corrected chi connectivity index (χ0v) is 11.5. The first-order valence-corrected chi connectivity index (χ1v) is 7.16. The second-order valence-electron chi connectivity index (χ2n) is 5.28. The van der Waals surface area contributed by atoms with Crippen LogP contribution in [0.4, 0.5) is 10.5 Å². The van der Waals surface area contributed by atoms with Gasteiger partial charge in [-0.3, -0.25) is 0 Å². The number of anilines is 1. The van der Waals surface area contributed by atoms with Crippen molar-refractivity contribution in [3.05, 3.63) is 29.3 Å². The van der Waals surface area contributed by atoms with Gasteiger partial charge >= 0.3 is 6.03 Å². The van der Waals surface area contributed by atoms with Gasteiger partial charge in [-0.2, -0.15) is 0 Å². The highest BCUT2D eigenvalue weighted by molar-refractivity contribution is 6.33. The molecule has 2 aliphatic rings. The summed E-state index contributed by atoms with van der Waals surface area (Å²) in [5, 5.41) is 7.03. The van der Waals surface area contributed by atoms with E-state index in [-0.39, 0.29) is 6.03 Å². The number of nitrogens with zero attached hydrogens (tertiary/aromatic N) is 1.